The van der Waals surface area contributed by atoms with Crippen LogP contribution in [0.1, 0.15) is 30.0 Å². The number of aromatic amines is 1. The van der Waals surface area contributed by atoms with Crippen LogP contribution in [0, 0.1) is 6.92 Å². The highest BCUT2D eigenvalue weighted by molar-refractivity contribution is 6.04. The molecule has 2 aliphatic rings. The fourth-order valence-corrected chi connectivity index (χ4v) is 3.04. The minimum atomic E-state index is -0.485. The Bertz CT molecular complexity index is 587. The number of nitrogens with zero attached hydrogens (tertiary/aromatic N) is 3. The van der Waals surface area contributed by atoms with Crippen molar-refractivity contribution in [2.45, 2.75) is 25.7 Å². The molecule has 0 aliphatic carbocycles. The van der Waals surface area contributed by atoms with Crippen molar-refractivity contribution in [2.24, 2.45) is 0 Å². The SMILES string of the molecule is Cc1cn[nH]c1C1CCN(C(=O)CN2C(=O)CNC2=O)CC1. The predicted molar refractivity (Wildman–Crippen MR) is 77.0 cm³/mol. The number of aryl methyl sites for hydroxylation is 1. The van der Waals surface area contributed by atoms with Crippen LogP contribution >= 0.6 is 0 Å². The second-order valence-corrected chi connectivity index (χ2v) is 5.76. The molecular formula is C14H19N5O3. The second-order valence-electron chi connectivity index (χ2n) is 5.76. The monoisotopic (exact) mass is 305 g/mol. The van der Waals surface area contributed by atoms with E-state index < -0.39 is 6.03 Å². The molecule has 22 heavy (non-hydrogen) atoms. The average Bonchev–Trinajstić information content (AvgIpc) is 3.08. The van der Waals surface area contributed by atoms with Gasteiger partial charge in [-0.05, 0) is 25.3 Å². The van der Waals surface area contributed by atoms with Crippen LogP contribution in [0.15, 0.2) is 6.20 Å². The number of hydrogen-bond donors (Lipinski definition) is 2. The largest absolute Gasteiger partial charge is 0.341 e. The maximum absolute atomic E-state index is 12.2. The molecule has 0 bridgehead atoms. The topological polar surface area (TPSA) is 98.4 Å². The quantitative estimate of drug-likeness (QED) is 0.766. The molecule has 2 fully saturated rings. The van der Waals surface area contributed by atoms with Crippen LogP contribution < -0.4 is 5.32 Å². The van der Waals surface area contributed by atoms with E-state index in [1.54, 1.807) is 4.90 Å². The van der Waals surface area contributed by atoms with Crippen LogP contribution in [0.2, 0.25) is 0 Å². The molecule has 0 atom stereocenters. The zero-order valence-corrected chi connectivity index (χ0v) is 12.5. The van der Waals surface area contributed by atoms with Crippen molar-refractivity contribution >= 4 is 17.8 Å². The van der Waals surface area contributed by atoms with E-state index in [1.807, 2.05) is 13.1 Å². The molecule has 8 nitrogen and oxygen atoms in total. The lowest BCUT2D eigenvalue weighted by Crippen LogP contribution is -2.45. The summed E-state index contributed by atoms with van der Waals surface area (Å²) >= 11 is 0. The molecule has 2 saturated heterocycles. The van der Waals surface area contributed by atoms with E-state index in [4.69, 9.17) is 0 Å². The molecule has 1 aromatic rings. The summed E-state index contributed by atoms with van der Waals surface area (Å²) in [5.41, 5.74) is 2.28. The summed E-state index contributed by atoms with van der Waals surface area (Å²) in [6, 6.07) is -0.485. The Hall–Kier alpha value is -2.38. The Kier molecular flexibility index (Phi) is 3.82. The van der Waals surface area contributed by atoms with E-state index in [2.05, 4.69) is 15.5 Å². The first-order valence-electron chi connectivity index (χ1n) is 7.42. The highest BCUT2D eigenvalue weighted by atomic mass is 16.2. The first-order valence-corrected chi connectivity index (χ1v) is 7.42. The smallest absolute Gasteiger partial charge is 0.325 e. The third-order valence-electron chi connectivity index (χ3n) is 4.35. The maximum Gasteiger partial charge on any atom is 0.325 e. The maximum atomic E-state index is 12.2. The van der Waals surface area contributed by atoms with Crippen molar-refractivity contribution in [2.75, 3.05) is 26.2 Å². The number of H-pyrrole nitrogens is 1. The Morgan fingerprint density at radius 1 is 1.36 bits per heavy atom. The van der Waals surface area contributed by atoms with E-state index in [0.29, 0.717) is 19.0 Å². The number of urea groups is 1. The molecule has 0 radical (unpaired) electrons. The Morgan fingerprint density at radius 3 is 2.64 bits per heavy atom. The molecule has 0 aromatic carbocycles. The lowest BCUT2D eigenvalue weighted by Gasteiger charge is -2.32. The number of carbonyl (C=O) groups is 3. The number of rotatable bonds is 3. The number of piperidine rings is 1. The summed E-state index contributed by atoms with van der Waals surface area (Å²) in [5.74, 6) is -0.144. The number of carbonyl (C=O) groups excluding carboxylic acids is 3. The number of amides is 4. The van der Waals surface area contributed by atoms with Gasteiger partial charge in [0.2, 0.25) is 5.91 Å². The van der Waals surface area contributed by atoms with Gasteiger partial charge in [-0.1, -0.05) is 0 Å². The van der Waals surface area contributed by atoms with Crippen LogP contribution in [-0.2, 0) is 9.59 Å². The van der Waals surface area contributed by atoms with Gasteiger partial charge in [-0.3, -0.25) is 19.6 Å². The molecule has 2 aliphatic heterocycles. The summed E-state index contributed by atoms with van der Waals surface area (Å²) in [7, 11) is 0. The molecule has 0 saturated carbocycles. The van der Waals surface area contributed by atoms with Crippen LogP contribution in [0.25, 0.3) is 0 Å². The first kappa shape index (κ1) is 14.6. The van der Waals surface area contributed by atoms with E-state index in [0.717, 1.165) is 29.0 Å². The van der Waals surface area contributed by atoms with Crippen molar-refractivity contribution in [3.63, 3.8) is 0 Å². The number of hydrogen-bond acceptors (Lipinski definition) is 4. The van der Waals surface area contributed by atoms with Crippen molar-refractivity contribution in [1.82, 2.24) is 25.3 Å². The van der Waals surface area contributed by atoms with Gasteiger partial charge >= 0.3 is 6.03 Å². The third kappa shape index (κ3) is 2.68. The van der Waals surface area contributed by atoms with Crippen molar-refractivity contribution in [3.8, 4) is 0 Å². The van der Waals surface area contributed by atoms with E-state index in [-0.39, 0.29) is 24.9 Å². The first-order chi connectivity index (χ1) is 10.6. The molecule has 3 rings (SSSR count). The van der Waals surface area contributed by atoms with Crippen LogP contribution in [0.5, 0.6) is 0 Å². The fourth-order valence-electron chi connectivity index (χ4n) is 3.04. The zero-order chi connectivity index (χ0) is 15.7. The van der Waals surface area contributed by atoms with E-state index in [9.17, 15) is 14.4 Å². The van der Waals surface area contributed by atoms with Gasteiger partial charge in [-0.15, -0.1) is 0 Å². The summed E-state index contributed by atoms with van der Waals surface area (Å²) < 4.78 is 0. The number of aromatic nitrogens is 2. The van der Waals surface area contributed by atoms with Gasteiger partial charge in [0.15, 0.2) is 0 Å². The summed E-state index contributed by atoms with van der Waals surface area (Å²) in [6.07, 6.45) is 3.52. The summed E-state index contributed by atoms with van der Waals surface area (Å²) in [6.45, 7) is 3.09. The standard InChI is InChI=1S/C14H19N5O3/c1-9-6-16-17-13(9)10-2-4-18(5-3-10)12(21)8-19-11(20)7-15-14(19)22/h6,10H,2-5,7-8H2,1H3,(H,15,22)(H,16,17). The molecule has 1 aromatic heterocycles. The molecule has 118 valence electrons. The highest BCUT2D eigenvalue weighted by Crippen LogP contribution is 2.28. The van der Waals surface area contributed by atoms with Crippen molar-refractivity contribution in [1.29, 1.82) is 0 Å². The van der Waals surface area contributed by atoms with Crippen LogP contribution in [-0.4, -0.2) is 64.0 Å². The minimum absolute atomic E-state index is 0.0205. The van der Waals surface area contributed by atoms with Crippen molar-refractivity contribution < 1.29 is 14.4 Å². The van der Waals surface area contributed by atoms with Gasteiger partial charge in [0, 0.05) is 24.7 Å². The van der Waals surface area contributed by atoms with Gasteiger partial charge in [0.1, 0.15) is 6.54 Å². The second kappa shape index (κ2) is 5.78. The molecular weight excluding hydrogens is 286 g/mol. The number of imide groups is 1. The molecule has 4 amide bonds. The molecule has 2 N–H and O–H groups in total. The van der Waals surface area contributed by atoms with Gasteiger partial charge in [-0.2, -0.15) is 5.10 Å². The molecule has 3 heterocycles. The minimum Gasteiger partial charge on any atom is -0.341 e. The van der Waals surface area contributed by atoms with E-state index in [1.165, 1.54) is 0 Å². The van der Waals surface area contributed by atoms with E-state index >= 15 is 0 Å². The van der Waals surface area contributed by atoms with Crippen LogP contribution in [0.4, 0.5) is 4.79 Å². The highest BCUT2D eigenvalue weighted by Gasteiger charge is 2.33. The zero-order valence-electron chi connectivity index (χ0n) is 12.5. The van der Waals surface area contributed by atoms with Gasteiger partial charge in [-0.25, -0.2) is 4.79 Å². The lowest BCUT2D eigenvalue weighted by molar-refractivity contribution is -0.137. The Balaban J connectivity index is 1.55. The van der Waals surface area contributed by atoms with Gasteiger partial charge < -0.3 is 10.2 Å². The van der Waals surface area contributed by atoms with Gasteiger partial charge in [0.05, 0.1) is 12.7 Å². The number of nitrogens with one attached hydrogen (secondary N) is 2. The lowest BCUT2D eigenvalue weighted by atomic mass is 9.91. The van der Waals surface area contributed by atoms with Crippen molar-refractivity contribution in [3.05, 3.63) is 17.5 Å². The average molecular weight is 305 g/mol. The normalized spacial score (nSPS) is 19.7. The predicted octanol–water partition coefficient (Wildman–Crippen LogP) is -0.0241. The number of likely N-dealkylation sites (tertiary alicyclic amines) is 1. The van der Waals surface area contributed by atoms with Gasteiger partial charge in [0.25, 0.3) is 5.91 Å². The molecule has 0 spiro atoms. The van der Waals surface area contributed by atoms with Crippen LogP contribution in [0.3, 0.4) is 0 Å². The Labute approximate surface area is 127 Å². The molecule has 8 heteroatoms. The summed E-state index contributed by atoms with van der Waals surface area (Å²) in [5, 5.41) is 9.49. The Morgan fingerprint density at radius 2 is 2.09 bits per heavy atom. The molecule has 0 unspecified atom stereocenters. The summed E-state index contributed by atoms with van der Waals surface area (Å²) in [4.78, 5) is 37.9. The fraction of sp³-hybridized carbons (Fsp3) is 0.571. The third-order valence-corrected chi connectivity index (χ3v) is 4.35.